The lowest BCUT2D eigenvalue weighted by molar-refractivity contribution is -0.127. The van der Waals surface area contributed by atoms with Crippen LogP contribution in [0.1, 0.15) is 96.5 Å². The molecule has 1 aromatic rings. The molecule has 0 aromatic heterocycles. The quantitative estimate of drug-likeness (QED) is 0.388. The van der Waals surface area contributed by atoms with Crippen LogP contribution in [-0.4, -0.2) is 24.7 Å². The average molecular weight is 510 g/mol. The van der Waals surface area contributed by atoms with E-state index in [1.54, 1.807) is 5.57 Å². The third-order valence-electron chi connectivity index (χ3n) is 10.9. The van der Waals surface area contributed by atoms with E-state index in [-0.39, 0.29) is 11.3 Å². The van der Waals surface area contributed by atoms with Crippen LogP contribution in [-0.2, 0) is 9.59 Å². The van der Waals surface area contributed by atoms with Crippen LogP contribution < -0.4 is 4.90 Å². The van der Waals surface area contributed by atoms with Crippen molar-refractivity contribution in [1.29, 1.82) is 0 Å². The lowest BCUT2D eigenvalue weighted by Gasteiger charge is -2.53. The Morgan fingerprint density at radius 2 is 1.87 bits per heavy atom. The minimum atomic E-state index is 0.0230. The summed E-state index contributed by atoms with van der Waals surface area (Å²) in [5, 5.41) is 0. The maximum absolute atomic E-state index is 13.6. The molecular weight excluding hydrogens is 466 g/mol. The van der Waals surface area contributed by atoms with Crippen LogP contribution in [0.3, 0.4) is 0 Å². The number of ketones is 2. The third-order valence-corrected chi connectivity index (χ3v) is 10.9. The SMILES string of the molecule is CC#CCCC(=O)[C@H]1CC[C@H]2[C@@H]3CC(C)C4=CC(=O)CCC4=C3[C@@H](c3ccc(N4CCCC4)cc3)C[C@]12C. The Kier molecular flexibility index (Phi) is 6.88. The van der Waals surface area contributed by atoms with Crippen LogP contribution in [0, 0.1) is 40.9 Å². The molecule has 2 saturated carbocycles. The van der Waals surface area contributed by atoms with Gasteiger partial charge >= 0.3 is 0 Å². The molecule has 6 atom stereocenters. The van der Waals surface area contributed by atoms with Crippen molar-refractivity contribution in [3.63, 3.8) is 0 Å². The zero-order chi connectivity index (χ0) is 26.4. The van der Waals surface area contributed by atoms with Crippen molar-refractivity contribution in [1.82, 2.24) is 0 Å². The van der Waals surface area contributed by atoms with Crippen LogP contribution >= 0.6 is 0 Å². The molecule has 1 aromatic carbocycles. The minimum Gasteiger partial charge on any atom is -0.372 e. The first kappa shape index (κ1) is 25.7. The number of Topliss-reactive ketones (excluding diaryl/α,β-unsaturated/α-hetero) is 1. The van der Waals surface area contributed by atoms with Crippen LogP contribution in [0.25, 0.3) is 0 Å². The monoisotopic (exact) mass is 509 g/mol. The number of anilines is 1. The van der Waals surface area contributed by atoms with Crippen molar-refractivity contribution in [2.75, 3.05) is 18.0 Å². The average Bonchev–Trinajstić information content (AvgIpc) is 3.57. The summed E-state index contributed by atoms with van der Waals surface area (Å²) in [5.41, 5.74) is 7.21. The molecule has 4 aliphatic carbocycles. The molecule has 1 heterocycles. The molecule has 0 spiro atoms. The largest absolute Gasteiger partial charge is 0.372 e. The number of allylic oxidation sites excluding steroid dienone is 4. The van der Waals surface area contributed by atoms with Gasteiger partial charge in [-0.05, 0) is 110 Å². The molecule has 1 saturated heterocycles. The number of rotatable bonds is 5. The van der Waals surface area contributed by atoms with Gasteiger partial charge in [-0.2, -0.15) is 0 Å². The van der Waals surface area contributed by atoms with Gasteiger partial charge < -0.3 is 4.90 Å². The van der Waals surface area contributed by atoms with Crippen LogP contribution in [0.2, 0.25) is 0 Å². The molecule has 3 nitrogen and oxygen atoms in total. The summed E-state index contributed by atoms with van der Waals surface area (Å²) in [6.45, 7) is 8.96. The van der Waals surface area contributed by atoms with Gasteiger partial charge in [-0.3, -0.25) is 9.59 Å². The number of fused-ring (bicyclic) bond motifs is 4. The molecule has 0 bridgehead atoms. The normalized spacial score (nSPS) is 34.2. The summed E-state index contributed by atoms with van der Waals surface area (Å²) in [4.78, 5) is 28.5. The molecule has 200 valence electrons. The standard InChI is InChI=1S/C35H43NO2/c1-4-5-6-9-33(38)32-17-16-31-29-20-23(2)28-21-26(37)14-15-27(28)34(29)30(22-35(31,32)3)24-10-12-25(13-11-24)36-18-7-8-19-36/h10-13,21,23,29-32H,6-9,14-20,22H2,1-3H3/t23?,29-,30+,31-,32+,35-/m0/s1. The van der Waals surface area contributed by atoms with E-state index >= 15 is 0 Å². The first-order valence-electron chi connectivity index (χ1n) is 15.2. The van der Waals surface area contributed by atoms with Crippen molar-refractivity contribution in [3.8, 4) is 11.8 Å². The van der Waals surface area contributed by atoms with Crippen molar-refractivity contribution < 1.29 is 9.59 Å². The highest BCUT2D eigenvalue weighted by atomic mass is 16.1. The predicted octanol–water partition coefficient (Wildman–Crippen LogP) is 7.42. The zero-order valence-electron chi connectivity index (χ0n) is 23.5. The molecule has 1 aliphatic heterocycles. The second-order valence-electron chi connectivity index (χ2n) is 12.9. The highest BCUT2D eigenvalue weighted by Gasteiger charge is 2.58. The van der Waals surface area contributed by atoms with E-state index in [2.05, 4.69) is 54.9 Å². The summed E-state index contributed by atoms with van der Waals surface area (Å²) < 4.78 is 0. The van der Waals surface area contributed by atoms with Gasteiger partial charge in [-0.15, -0.1) is 11.8 Å². The van der Waals surface area contributed by atoms with Gasteiger partial charge in [-0.25, -0.2) is 0 Å². The third kappa shape index (κ3) is 4.29. The zero-order valence-corrected chi connectivity index (χ0v) is 23.5. The Balaban J connectivity index is 1.41. The number of hydrogen-bond donors (Lipinski definition) is 0. The molecule has 0 N–H and O–H groups in total. The van der Waals surface area contributed by atoms with Crippen molar-refractivity contribution >= 4 is 17.3 Å². The second-order valence-corrected chi connectivity index (χ2v) is 12.9. The van der Waals surface area contributed by atoms with Crippen LogP contribution in [0.4, 0.5) is 5.69 Å². The van der Waals surface area contributed by atoms with Crippen LogP contribution in [0.15, 0.2) is 47.1 Å². The second kappa shape index (κ2) is 10.2. The smallest absolute Gasteiger partial charge is 0.156 e. The molecule has 0 amide bonds. The topological polar surface area (TPSA) is 37.4 Å². The number of benzene rings is 1. The lowest BCUT2D eigenvalue weighted by atomic mass is 9.50. The molecule has 6 rings (SSSR count). The highest BCUT2D eigenvalue weighted by molar-refractivity contribution is 5.93. The van der Waals surface area contributed by atoms with E-state index in [9.17, 15) is 9.59 Å². The van der Waals surface area contributed by atoms with Gasteiger partial charge in [0.25, 0.3) is 0 Å². The fourth-order valence-electron chi connectivity index (χ4n) is 9.16. The van der Waals surface area contributed by atoms with Gasteiger partial charge in [0.2, 0.25) is 0 Å². The Bertz CT molecular complexity index is 1230. The molecule has 1 unspecified atom stereocenters. The van der Waals surface area contributed by atoms with Gasteiger partial charge in [0.05, 0.1) is 0 Å². The first-order valence-corrected chi connectivity index (χ1v) is 15.2. The summed E-state index contributed by atoms with van der Waals surface area (Å²) in [6, 6.07) is 9.43. The molecule has 3 fully saturated rings. The predicted molar refractivity (Wildman–Crippen MR) is 154 cm³/mol. The number of carbonyl (C=O) groups is 2. The molecule has 38 heavy (non-hydrogen) atoms. The van der Waals surface area contributed by atoms with Crippen molar-refractivity contribution in [3.05, 3.63) is 52.6 Å². The summed E-state index contributed by atoms with van der Waals surface area (Å²) in [6.07, 6.45) is 11.7. The lowest BCUT2D eigenvalue weighted by Crippen LogP contribution is -2.45. The van der Waals surface area contributed by atoms with E-state index < -0.39 is 0 Å². The fourth-order valence-corrected chi connectivity index (χ4v) is 9.16. The van der Waals surface area contributed by atoms with Gasteiger partial charge in [0.1, 0.15) is 5.78 Å². The van der Waals surface area contributed by atoms with Gasteiger partial charge in [-0.1, -0.05) is 31.6 Å². The van der Waals surface area contributed by atoms with Gasteiger partial charge in [0, 0.05) is 49.9 Å². The first-order chi connectivity index (χ1) is 18.4. The van der Waals surface area contributed by atoms with E-state index in [1.165, 1.54) is 35.2 Å². The van der Waals surface area contributed by atoms with Crippen LogP contribution in [0.5, 0.6) is 0 Å². The summed E-state index contributed by atoms with van der Waals surface area (Å²) in [5.74, 6) is 8.77. The van der Waals surface area contributed by atoms with E-state index in [0.717, 1.165) is 45.2 Å². The highest BCUT2D eigenvalue weighted by Crippen LogP contribution is 2.66. The minimum absolute atomic E-state index is 0.0230. The van der Waals surface area contributed by atoms with E-state index in [4.69, 9.17) is 0 Å². The van der Waals surface area contributed by atoms with Crippen molar-refractivity contribution in [2.24, 2.45) is 29.1 Å². The number of hydrogen-bond acceptors (Lipinski definition) is 3. The summed E-state index contributed by atoms with van der Waals surface area (Å²) >= 11 is 0. The number of nitrogens with zero attached hydrogens (tertiary/aromatic N) is 1. The van der Waals surface area contributed by atoms with E-state index in [1.807, 2.05) is 13.0 Å². The van der Waals surface area contributed by atoms with E-state index in [0.29, 0.717) is 54.5 Å². The Labute approximate surface area is 229 Å². The maximum atomic E-state index is 13.6. The van der Waals surface area contributed by atoms with Crippen molar-refractivity contribution in [2.45, 2.75) is 90.9 Å². The Morgan fingerprint density at radius 1 is 1.11 bits per heavy atom. The maximum Gasteiger partial charge on any atom is 0.156 e. The Morgan fingerprint density at radius 3 is 2.61 bits per heavy atom. The summed E-state index contributed by atoms with van der Waals surface area (Å²) in [7, 11) is 0. The Hall–Kier alpha value is -2.60. The molecular formula is C35H43NO2. The molecule has 5 aliphatic rings. The molecule has 3 heteroatoms. The fraction of sp³-hybridized carbons (Fsp3) is 0.600. The van der Waals surface area contributed by atoms with Gasteiger partial charge in [0.15, 0.2) is 5.78 Å². The molecule has 0 radical (unpaired) electrons. The number of carbonyl (C=O) groups excluding carboxylic acids is 2.